The zero-order chi connectivity index (χ0) is 17.2. The number of amides is 2. The standard InChI is InChI=1S/C16H20FN5O2/c1-16(24,11-5-4-6-12(17)9-11)10-18-15(23)20-14-19-13-7-2-3-8-22(13)21-14/h4-6,9,24H,2-3,7-8,10H2,1H3,(H2,18,20,21,23). The first-order valence-corrected chi connectivity index (χ1v) is 7.91. The minimum atomic E-state index is -1.39. The number of benzene rings is 1. The van der Waals surface area contributed by atoms with E-state index in [1.165, 1.54) is 25.1 Å². The third-order valence-corrected chi connectivity index (χ3v) is 4.03. The number of nitrogens with one attached hydrogen (secondary N) is 2. The molecule has 0 radical (unpaired) electrons. The van der Waals surface area contributed by atoms with Gasteiger partial charge in [-0.15, -0.1) is 5.10 Å². The summed E-state index contributed by atoms with van der Waals surface area (Å²) in [5.74, 6) is 0.670. The minimum absolute atomic E-state index is 0.0736. The Morgan fingerprint density at radius 2 is 2.29 bits per heavy atom. The Kier molecular flexibility index (Phi) is 4.48. The van der Waals surface area contributed by atoms with Crippen molar-refractivity contribution in [1.29, 1.82) is 0 Å². The number of halogens is 1. The highest BCUT2D eigenvalue weighted by molar-refractivity contribution is 5.87. The summed E-state index contributed by atoms with van der Waals surface area (Å²) in [6.07, 6.45) is 2.98. The summed E-state index contributed by atoms with van der Waals surface area (Å²) in [7, 11) is 0. The lowest BCUT2D eigenvalue weighted by atomic mass is 9.96. The fourth-order valence-electron chi connectivity index (χ4n) is 2.66. The van der Waals surface area contributed by atoms with Gasteiger partial charge >= 0.3 is 6.03 Å². The number of anilines is 1. The van der Waals surface area contributed by atoms with Crippen LogP contribution in [0.1, 0.15) is 31.2 Å². The summed E-state index contributed by atoms with van der Waals surface area (Å²) in [4.78, 5) is 16.2. The van der Waals surface area contributed by atoms with Gasteiger partial charge < -0.3 is 10.4 Å². The van der Waals surface area contributed by atoms with E-state index in [9.17, 15) is 14.3 Å². The molecule has 1 aliphatic heterocycles. The third-order valence-electron chi connectivity index (χ3n) is 4.03. The molecule has 7 nitrogen and oxygen atoms in total. The third kappa shape index (κ3) is 3.70. The molecule has 3 rings (SSSR count). The van der Waals surface area contributed by atoms with Crippen molar-refractivity contribution in [1.82, 2.24) is 20.1 Å². The minimum Gasteiger partial charge on any atom is -0.384 e. The van der Waals surface area contributed by atoms with Gasteiger partial charge in [-0.2, -0.15) is 4.98 Å². The van der Waals surface area contributed by atoms with Crippen molar-refractivity contribution in [2.24, 2.45) is 0 Å². The average molecular weight is 333 g/mol. The number of urea groups is 1. The SMILES string of the molecule is CC(O)(CNC(=O)Nc1nc2n(n1)CCCC2)c1cccc(F)c1. The number of rotatable bonds is 4. The molecule has 1 aromatic carbocycles. The molecule has 1 unspecified atom stereocenters. The number of carbonyl (C=O) groups is 1. The van der Waals surface area contributed by atoms with Crippen molar-refractivity contribution in [2.45, 2.75) is 38.3 Å². The van der Waals surface area contributed by atoms with Crippen molar-refractivity contribution in [2.75, 3.05) is 11.9 Å². The van der Waals surface area contributed by atoms with Gasteiger partial charge in [0.15, 0.2) is 0 Å². The van der Waals surface area contributed by atoms with Crippen molar-refractivity contribution in [3.05, 3.63) is 41.5 Å². The summed E-state index contributed by atoms with van der Waals surface area (Å²) in [6, 6.07) is 5.14. The predicted octanol–water partition coefficient (Wildman–Crippen LogP) is 1.78. The molecule has 24 heavy (non-hydrogen) atoms. The van der Waals surface area contributed by atoms with Crippen molar-refractivity contribution in [3.63, 3.8) is 0 Å². The van der Waals surface area contributed by atoms with E-state index in [0.29, 0.717) is 5.56 Å². The van der Waals surface area contributed by atoms with E-state index in [1.54, 1.807) is 10.7 Å². The van der Waals surface area contributed by atoms with E-state index in [-0.39, 0.29) is 12.5 Å². The van der Waals surface area contributed by atoms with Gasteiger partial charge in [-0.1, -0.05) is 12.1 Å². The topological polar surface area (TPSA) is 92.1 Å². The van der Waals surface area contributed by atoms with E-state index >= 15 is 0 Å². The first-order chi connectivity index (χ1) is 11.4. The molecule has 2 amide bonds. The quantitative estimate of drug-likeness (QED) is 0.795. The molecule has 1 aromatic heterocycles. The summed E-state index contributed by atoms with van der Waals surface area (Å²) in [5, 5.41) is 19.8. The lowest BCUT2D eigenvalue weighted by Crippen LogP contribution is -2.40. The van der Waals surface area contributed by atoms with Gasteiger partial charge in [-0.3, -0.25) is 5.32 Å². The number of aliphatic hydroxyl groups is 1. The molecule has 0 spiro atoms. The normalized spacial score (nSPS) is 16.1. The summed E-state index contributed by atoms with van der Waals surface area (Å²) >= 11 is 0. The Labute approximate surface area is 138 Å². The lowest BCUT2D eigenvalue weighted by Gasteiger charge is -2.24. The van der Waals surface area contributed by atoms with Gasteiger partial charge in [0.25, 0.3) is 0 Å². The van der Waals surface area contributed by atoms with Crippen molar-refractivity contribution in [3.8, 4) is 0 Å². The molecule has 0 saturated carbocycles. The Morgan fingerprint density at radius 1 is 1.46 bits per heavy atom. The first-order valence-electron chi connectivity index (χ1n) is 7.91. The molecule has 2 aromatic rings. The van der Waals surface area contributed by atoms with Gasteiger partial charge in [0.2, 0.25) is 5.95 Å². The Hall–Kier alpha value is -2.48. The van der Waals surface area contributed by atoms with Gasteiger partial charge in [-0.05, 0) is 37.5 Å². The lowest BCUT2D eigenvalue weighted by molar-refractivity contribution is 0.0596. The van der Waals surface area contributed by atoms with Crippen LogP contribution in [-0.2, 0) is 18.6 Å². The number of hydrogen-bond acceptors (Lipinski definition) is 4. The fourth-order valence-corrected chi connectivity index (χ4v) is 2.66. The molecule has 1 aliphatic rings. The van der Waals surface area contributed by atoms with Gasteiger partial charge in [0.1, 0.15) is 17.2 Å². The second-order valence-electron chi connectivity index (χ2n) is 6.12. The molecular formula is C16H20FN5O2. The predicted molar refractivity (Wildman–Crippen MR) is 86.0 cm³/mol. The number of fused-ring (bicyclic) bond motifs is 1. The van der Waals surface area contributed by atoms with Gasteiger partial charge in [0, 0.05) is 13.0 Å². The van der Waals surface area contributed by atoms with E-state index in [0.717, 1.165) is 31.6 Å². The van der Waals surface area contributed by atoms with Crippen LogP contribution in [0.5, 0.6) is 0 Å². The highest BCUT2D eigenvalue weighted by Gasteiger charge is 2.24. The smallest absolute Gasteiger partial charge is 0.321 e. The van der Waals surface area contributed by atoms with Crippen LogP contribution < -0.4 is 10.6 Å². The van der Waals surface area contributed by atoms with E-state index in [2.05, 4.69) is 20.7 Å². The summed E-state index contributed by atoms with van der Waals surface area (Å²) in [6.45, 7) is 2.24. The van der Waals surface area contributed by atoms with Crippen molar-refractivity contribution >= 4 is 12.0 Å². The molecule has 0 fully saturated rings. The van der Waals surface area contributed by atoms with E-state index in [1.807, 2.05) is 0 Å². The second-order valence-corrected chi connectivity index (χ2v) is 6.12. The largest absolute Gasteiger partial charge is 0.384 e. The van der Waals surface area contributed by atoms with E-state index in [4.69, 9.17) is 0 Å². The molecule has 128 valence electrons. The molecule has 1 atom stereocenters. The number of carbonyl (C=O) groups excluding carboxylic acids is 1. The zero-order valence-electron chi connectivity index (χ0n) is 13.4. The van der Waals surface area contributed by atoms with E-state index < -0.39 is 17.4 Å². The first kappa shape index (κ1) is 16.4. The van der Waals surface area contributed by atoms with Crippen LogP contribution in [0.3, 0.4) is 0 Å². The molecule has 0 saturated heterocycles. The molecule has 3 N–H and O–H groups in total. The van der Waals surface area contributed by atoms with Gasteiger partial charge in [0.05, 0.1) is 6.54 Å². The average Bonchev–Trinajstić information content (AvgIpc) is 2.95. The zero-order valence-corrected chi connectivity index (χ0v) is 13.4. The Morgan fingerprint density at radius 3 is 3.04 bits per heavy atom. The Balaban J connectivity index is 1.58. The highest BCUT2D eigenvalue weighted by atomic mass is 19.1. The summed E-state index contributed by atoms with van der Waals surface area (Å²) < 4.78 is 15.1. The number of aromatic nitrogens is 3. The maximum absolute atomic E-state index is 13.3. The number of aryl methyl sites for hydroxylation is 2. The molecular weight excluding hydrogens is 313 g/mol. The van der Waals surface area contributed by atoms with Crippen LogP contribution in [0, 0.1) is 5.82 Å². The highest BCUT2D eigenvalue weighted by Crippen LogP contribution is 2.20. The molecule has 2 heterocycles. The fraction of sp³-hybridized carbons (Fsp3) is 0.438. The molecule has 0 aliphatic carbocycles. The second kappa shape index (κ2) is 6.56. The monoisotopic (exact) mass is 333 g/mol. The van der Waals surface area contributed by atoms with Crippen LogP contribution in [-0.4, -0.2) is 32.4 Å². The number of hydrogen-bond donors (Lipinski definition) is 3. The van der Waals surface area contributed by atoms with Crippen LogP contribution in [0.25, 0.3) is 0 Å². The molecule has 0 bridgehead atoms. The Bertz CT molecular complexity index is 720. The summed E-state index contributed by atoms with van der Waals surface area (Å²) in [5.41, 5.74) is -1.00. The van der Waals surface area contributed by atoms with Crippen LogP contribution >= 0.6 is 0 Å². The van der Waals surface area contributed by atoms with Crippen LogP contribution in [0.4, 0.5) is 15.1 Å². The maximum atomic E-state index is 13.3. The van der Waals surface area contributed by atoms with Crippen LogP contribution in [0.15, 0.2) is 24.3 Å². The van der Waals surface area contributed by atoms with Crippen molar-refractivity contribution < 1.29 is 14.3 Å². The van der Waals surface area contributed by atoms with Gasteiger partial charge in [-0.25, -0.2) is 13.9 Å². The maximum Gasteiger partial charge on any atom is 0.321 e. The molecule has 8 heteroatoms. The van der Waals surface area contributed by atoms with Crippen LogP contribution in [0.2, 0.25) is 0 Å². The number of nitrogens with zero attached hydrogens (tertiary/aromatic N) is 3.